The van der Waals surface area contributed by atoms with Crippen LogP contribution < -0.4 is 10.4 Å². The molecule has 0 aliphatic rings. The van der Waals surface area contributed by atoms with E-state index in [4.69, 9.17) is 9.15 Å². The van der Waals surface area contributed by atoms with Crippen LogP contribution in [0.5, 0.6) is 5.75 Å². The molecule has 0 aliphatic carbocycles. The molecule has 0 aliphatic heterocycles. The fraction of sp³-hybridized carbons (Fsp3) is 0.0952. The topological polar surface area (TPSA) is 39.4 Å². The first-order chi connectivity index (χ1) is 13.8. The molecule has 0 amide bonds. The fourth-order valence-corrected chi connectivity index (χ4v) is 3.14. The first kappa shape index (κ1) is 18.9. The van der Waals surface area contributed by atoms with Gasteiger partial charge < -0.3 is 9.15 Å². The van der Waals surface area contributed by atoms with Crippen LogP contribution in [-0.4, -0.2) is 0 Å². The van der Waals surface area contributed by atoms with Crippen LogP contribution in [0.3, 0.4) is 0 Å². The van der Waals surface area contributed by atoms with Gasteiger partial charge in [-0.3, -0.25) is 0 Å². The molecule has 0 bridgehead atoms. The smallest absolute Gasteiger partial charge is 0.344 e. The second-order valence-electron chi connectivity index (χ2n) is 6.34. The highest BCUT2D eigenvalue weighted by atomic mass is 19.2. The normalized spacial score (nSPS) is 11.4. The minimum Gasteiger partial charge on any atom is -0.488 e. The van der Waals surface area contributed by atoms with Gasteiger partial charge in [0.1, 0.15) is 17.9 Å². The number of halogens is 5. The lowest BCUT2D eigenvalue weighted by molar-refractivity contribution is 0.277. The van der Waals surface area contributed by atoms with Crippen molar-refractivity contribution in [3.05, 3.63) is 87.0 Å². The van der Waals surface area contributed by atoms with E-state index in [0.29, 0.717) is 21.7 Å². The summed E-state index contributed by atoms with van der Waals surface area (Å²) in [6.07, 6.45) is 0. The van der Waals surface area contributed by atoms with E-state index in [1.807, 2.05) is 0 Å². The average molecular weight is 406 g/mol. The van der Waals surface area contributed by atoms with Crippen molar-refractivity contribution < 1.29 is 31.1 Å². The van der Waals surface area contributed by atoms with E-state index in [1.54, 1.807) is 37.3 Å². The van der Waals surface area contributed by atoms with Gasteiger partial charge in [0, 0.05) is 10.9 Å². The quantitative estimate of drug-likeness (QED) is 0.148. The maximum absolute atomic E-state index is 13.8. The van der Waals surface area contributed by atoms with E-state index in [2.05, 4.69) is 0 Å². The summed E-state index contributed by atoms with van der Waals surface area (Å²) in [6.45, 7) is 0.643. The second-order valence-corrected chi connectivity index (χ2v) is 6.34. The molecule has 0 unspecified atom stereocenters. The molecule has 0 fully saturated rings. The highest BCUT2D eigenvalue weighted by Crippen LogP contribution is 2.32. The Labute approximate surface area is 159 Å². The lowest BCUT2D eigenvalue weighted by Gasteiger charge is -2.13. The number of aryl methyl sites for hydroxylation is 1. The Morgan fingerprint density at radius 3 is 2.03 bits per heavy atom. The van der Waals surface area contributed by atoms with Crippen LogP contribution in [0.15, 0.2) is 45.6 Å². The SMILES string of the molecule is Cc1c(OCc2c(F)c(F)c(F)c(F)c2F)ccc2c1oc(=O)c1ccccc12. The van der Waals surface area contributed by atoms with Crippen molar-refractivity contribution in [1.29, 1.82) is 0 Å². The van der Waals surface area contributed by atoms with Crippen molar-refractivity contribution in [1.82, 2.24) is 0 Å². The van der Waals surface area contributed by atoms with Crippen LogP contribution in [0, 0.1) is 36.0 Å². The largest absolute Gasteiger partial charge is 0.488 e. The van der Waals surface area contributed by atoms with Gasteiger partial charge in [0.05, 0.1) is 10.9 Å². The molecule has 0 N–H and O–H groups in total. The Morgan fingerprint density at radius 2 is 1.38 bits per heavy atom. The van der Waals surface area contributed by atoms with E-state index in [0.717, 1.165) is 0 Å². The third-order valence-electron chi connectivity index (χ3n) is 4.66. The van der Waals surface area contributed by atoms with Crippen LogP contribution in [-0.2, 0) is 6.61 Å². The van der Waals surface area contributed by atoms with Crippen LogP contribution in [0.4, 0.5) is 22.0 Å². The van der Waals surface area contributed by atoms with Gasteiger partial charge in [0.2, 0.25) is 5.82 Å². The third kappa shape index (κ3) is 2.91. The molecule has 0 radical (unpaired) electrons. The van der Waals surface area contributed by atoms with Crippen LogP contribution in [0.25, 0.3) is 21.7 Å². The fourth-order valence-electron chi connectivity index (χ4n) is 3.14. The van der Waals surface area contributed by atoms with Gasteiger partial charge >= 0.3 is 5.63 Å². The zero-order valence-electron chi connectivity index (χ0n) is 14.8. The van der Waals surface area contributed by atoms with Gasteiger partial charge in [0.25, 0.3) is 0 Å². The number of hydrogen-bond acceptors (Lipinski definition) is 3. The molecule has 0 atom stereocenters. The molecular weight excluding hydrogens is 395 g/mol. The average Bonchev–Trinajstić information content (AvgIpc) is 2.73. The summed E-state index contributed by atoms with van der Waals surface area (Å²) in [5, 5.41) is 1.64. The summed E-state index contributed by atoms with van der Waals surface area (Å²) in [5.74, 6) is -10.2. The predicted octanol–water partition coefficient (Wildman–Crippen LogP) is 5.53. The van der Waals surface area contributed by atoms with Gasteiger partial charge in [-0.1, -0.05) is 18.2 Å². The zero-order chi connectivity index (χ0) is 20.9. The highest BCUT2D eigenvalue weighted by Gasteiger charge is 2.26. The van der Waals surface area contributed by atoms with Crippen LogP contribution in [0.1, 0.15) is 11.1 Å². The first-order valence-electron chi connectivity index (χ1n) is 8.39. The Balaban J connectivity index is 1.78. The standard InChI is InChI=1S/C21H11F5O3/c1-9-14(28-8-13-15(22)17(24)19(26)18(25)16(13)23)7-6-11-10-4-2-3-5-12(10)21(27)29-20(9)11/h2-7H,8H2,1H3. The van der Waals surface area contributed by atoms with Crippen LogP contribution >= 0.6 is 0 Å². The van der Waals surface area contributed by atoms with Crippen molar-refractivity contribution in [2.75, 3.05) is 0 Å². The van der Waals surface area contributed by atoms with Gasteiger partial charge in [-0.2, -0.15) is 0 Å². The molecule has 3 nitrogen and oxygen atoms in total. The molecule has 29 heavy (non-hydrogen) atoms. The third-order valence-corrected chi connectivity index (χ3v) is 4.66. The molecule has 0 spiro atoms. The number of benzene rings is 3. The van der Waals surface area contributed by atoms with E-state index < -0.39 is 46.9 Å². The maximum atomic E-state index is 13.8. The summed E-state index contributed by atoms with van der Waals surface area (Å²) < 4.78 is 78.1. The molecule has 0 saturated heterocycles. The number of fused-ring (bicyclic) bond motifs is 3. The molecule has 8 heteroatoms. The van der Waals surface area contributed by atoms with Crippen molar-refractivity contribution in [2.45, 2.75) is 13.5 Å². The summed E-state index contributed by atoms with van der Waals surface area (Å²) in [6, 6.07) is 9.86. The summed E-state index contributed by atoms with van der Waals surface area (Å²) >= 11 is 0. The first-order valence-corrected chi connectivity index (χ1v) is 8.39. The molecule has 4 rings (SSSR count). The molecule has 1 heterocycles. The number of hydrogen-bond donors (Lipinski definition) is 0. The lowest BCUT2D eigenvalue weighted by Crippen LogP contribution is -2.10. The van der Waals surface area contributed by atoms with Crippen molar-refractivity contribution in [3.63, 3.8) is 0 Å². The highest BCUT2D eigenvalue weighted by molar-refractivity contribution is 6.05. The summed E-state index contributed by atoms with van der Waals surface area (Å²) in [5.41, 5.74) is -1.13. The summed E-state index contributed by atoms with van der Waals surface area (Å²) in [4.78, 5) is 12.2. The molecule has 0 saturated carbocycles. The van der Waals surface area contributed by atoms with Gasteiger partial charge in [-0.25, -0.2) is 26.7 Å². The van der Waals surface area contributed by atoms with Crippen LogP contribution in [0.2, 0.25) is 0 Å². The summed E-state index contributed by atoms with van der Waals surface area (Å²) in [7, 11) is 0. The molecule has 1 aromatic heterocycles. The second kappa shape index (κ2) is 6.88. The monoisotopic (exact) mass is 406 g/mol. The molecule has 3 aromatic carbocycles. The van der Waals surface area contributed by atoms with Crippen molar-refractivity contribution in [2.24, 2.45) is 0 Å². The maximum Gasteiger partial charge on any atom is 0.344 e. The Kier molecular flexibility index (Phi) is 4.49. The molecule has 148 valence electrons. The van der Waals surface area contributed by atoms with Crippen molar-refractivity contribution >= 4 is 21.7 Å². The lowest BCUT2D eigenvalue weighted by atomic mass is 10.0. The van der Waals surface area contributed by atoms with E-state index in [-0.39, 0.29) is 11.3 Å². The van der Waals surface area contributed by atoms with E-state index >= 15 is 0 Å². The van der Waals surface area contributed by atoms with E-state index in [9.17, 15) is 26.7 Å². The molecule has 4 aromatic rings. The van der Waals surface area contributed by atoms with E-state index in [1.165, 1.54) is 6.07 Å². The van der Waals surface area contributed by atoms with Gasteiger partial charge in [-0.05, 0) is 30.5 Å². The van der Waals surface area contributed by atoms with Gasteiger partial charge in [-0.15, -0.1) is 0 Å². The molecular formula is C21H11F5O3. The Morgan fingerprint density at radius 1 is 0.793 bits per heavy atom. The Bertz CT molecular complexity index is 1320. The predicted molar refractivity (Wildman–Crippen MR) is 95.3 cm³/mol. The Hall–Kier alpha value is -3.42. The van der Waals surface area contributed by atoms with Gasteiger partial charge in [0.15, 0.2) is 23.3 Å². The number of rotatable bonds is 3. The number of ether oxygens (including phenoxy) is 1. The minimum atomic E-state index is -2.24. The zero-order valence-corrected chi connectivity index (χ0v) is 14.8. The van der Waals surface area contributed by atoms with Crippen molar-refractivity contribution in [3.8, 4) is 5.75 Å². The minimum absolute atomic E-state index is 0.0693.